The van der Waals surface area contributed by atoms with Gasteiger partial charge >= 0.3 is 0 Å². The van der Waals surface area contributed by atoms with Gasteiger partial charge in [0.25, 0.3) is 0 Å². The van der Waals surface area contributed by atoms with Crippen molar-refractivity contribution in [1.29, 1.82) is 0 Å². The molecule has 0 aliphatic carbocycles. The molecule has 0 saturated carbocycles. The molecule has 1 aromatic rings. The van der Waals surface area contributed by atoms with Gasteiger partial charge in [0.15, 0.2) is 0 Å². The van der Waals surface area contributed by atoms with E-state index in [1.54, 1.807) is 18.4 Å². The van der Waals surface area contributed by atoms with Gasteiger partial charge in [-0.2, -0.15) is 0 Å². The number of hydrogen-bond donors (Lipinski definition) is 0. The van der Waals surface area contributed by atoms with E-state index in [2.05, 4.69) is 4.98 Å². The molecule has 1 amide bonds. The van der Waals surface area contributed by atoms with Crippen LogP contribution < -0.4 is 0 Å². The molecule has 0 aromatic carbocycles. The van der Waals surface area contributed by atoms with Crippen LogP contribution in [0.5, 0.6) is 0 Å². The van der Waals surface area contributed by atoms with Crippen molar-refractivity contribution in [1.82, 2.24) is 9.88 Å². The molecular formula is C12H18N2O2S. The van der Waals surface area contributed by atoms with Gasteiger partial charge in [0.1, 0.15) is 0 Å². The summed E-state index contributed by atoms with van der Waals surface area (Å²) in [6, 6.07) is 0.257. The number of carbonyl (C=O) groups is 1. The third kappa shape index (κ3) is 3.04. The van der Waals surface area contributed by atoms with Gasteiger partial charge in [-0.3, -0.25) is 4.79 Å². The van der Waals surface area contributed by atoms with Gasteiger partial charge in [-0.15, -0.1) is 11.3 Å². The first-order valence-electron chi connectivity index (χ1n) is 5.90. The molecule has 1 aliphatic heterocycles. The number of nitrogens with zero attached hydrogens (tertiary/aromatic N) is 2. The Bertz CT molecular complexity index is 392. The average molecular weight is 254 g/mol. The minimum Gasteiger partial charge on any atom is -0.383 e. The summed E-state index contributed by atoms with van der Waals surface area (Å²) in [7, 11) is 1.69. The minimum atomic E-state index is 0.176. The molecule has 4 nitrogen and oxygen atoms in total. The summed E-state index contributed by atoms with van der Waals surface area (Å²) in [5.41, 5.74) is 0.889. The maximum atomic E-state index is 12.1. The lowest BCUT2D eigenvalue weighted by Gasteiger charge is -2.23. The van der Waals surface area contributed by atoms with Crippen LogP contribution in [0.15, 0.2) is 5.38 Å². The summed E-state index contributed by atoms with van der Waals surface area (Å²) < 4.78 is 5.15. The minimum absolute atomic E-state index is 0.176. The lowest BCUT2D eigenvalue weighted by molar-refractivity contribution is -0.132. The van der Waals surface area contributed by atoms with E-state index in [9.17, 15) is 4.79 Å². The normalized spacial score (nSPS) is 19.9. The molecule has 94 valence electrons. The van der Waals surface area contributed by atoms with Crippen LogP contribution in [0, 0.1) is 6.92 Å². The first-order chi connectivity index (χ1) is 8.20. The highest BCUT2D eigenvalue weighted by atomic mass is 32.1. The number of hydrogen-bond acceptors (Lipinski definition) is 4. The summed E-state index contributed by atoms with van der Waals surface area (Å²) in [6.07, 6.45) is 2.55. The first-order valence-corrected chi connectivity index (χ1v) is 6.78. The van der Waals surface area contributed by atoms with Crippen molar-refractivity contribution in [2.24, 2.45) is 0 Å². The van der Waals surface area contributed by atoms with E-state index in [0.717, 1.165) is 30.1 Å². The van der Waals surface area contributed by atoms with Gasteiger partial charge in [0, 0.05) is 19.0 Å². The topological polar surface area (TPSA) is 42.4 Å². The van der Waals surface area contributed by atoms with Crippen LogP contribution in [-0.2, 0) is 16.0 Å². The SMILES string of the molecule is COC[C@H]1CCCN1C(=O)Cc1csc(C)n1. The maximum Gasteiger partial charge on any atom is 0.228 e. The van der Waals surface area contributed by atoms with Crippen molar-refractivity contribution >= 4 is 17.2 Å². The van der Waals surface area contributed by atoms with E-state index < -0.39 is 0 Å². The number of likely N-dealkylation sites (tertiary alicyclic amines) is 1. The fourth-order valence-electron chi connectivity index (χ4n) is 2.28. The quantitative estimate of drug-likeness (QED) is 0.820. The molecule has 17 heavy (non-hydrogen) atoms. The summed E-state index contributed by atoms with van der Waals surface area (Å²) >= 11 is 1.59. The van der Waals surface area contributed by atoms with E-state index >= 15 is 0 Å². The molecule has 0 radical (unpaired) electrons. The van der Waals surface area contributed by atoms with E-state index in [-0.39, 0.29) is 11.9 Å². The molecule has 0 spiro atoms. The van der Waals surface area contributed by atoms with Gasteiger partial charge < -0.3 is 9.64 Å². The van der Waals surface area contributed by atoms with E-state index in [1.807, 2.05) is 17.2 Å². The smallest absolute Gasteiger partial charge is 0.228 e. The molecule has 2 rings (SSSR count). The number of aromatic nitrogens is 1. The largest absolute Gasteiger partial charge is 0.383 e. The highest BCUT2D eigenvalue weighted by Crippen LogP contribution is 2.19. The summed E-state index contributed by atoms with van der Waals surface area (Å²) in [4.78, 5) is 18.4. The fourth-order valence-corrected chi connectivity index (χ4v) is 2.89. The second-order valence-electron chi connectivity index (χ2n) is 4.37. The zero-order valence-corrected chi connectivity index (χ0v) is 11.1. The average Bonchev–Trinajstić information content (AvgIpc) is 2.88. The number of ether oxygens (including phenoxy) is 1. The van der Waals surface area contributed by atoms with Crippen LogP contribution in [0.1, 0.15) is 23.5 Å². The molecule has 0 unspecified atom stereocenters. The Morgan fingerprint density at radius 3 is 3.18 bits per heavy atom. The molecule has 1 fully saturated rings. The zero-order valence-electron chi connectivity index (χ0n) is 10.3. The van der Waals surface area contributed by atoms with Crippen LogP contribution in [-0.4, -0.2) is 42.1 Å². The van der Waals surface area contributed by atoms with Crippen molar-refractivity contribution in [2.45, 2.75) is 32.2 Å². The van der Waals surface area contributed by atoms with E-state index in [1.165, 1.54) is 0 Å². The maximum absolute atomic E-state index is 12.1. The monoisotopic (exact) mass is 254 g/mol. The van der Waals surface area contributed by atoms with E-state index in [4.69, 9.17) is 4.74 Å². The molecule has 1 saturated heterocycles. The molecule has 0 bridgehead atoms. The summed E-state index contributed by atoms with van der Waals surface area (Å²) in [6.45, 7) is 3.46. The van der Waals surface area contributed by atoms with Gasteiger partial charge in [-0.05, 0) is 19.8 Å². The molecule has 1 aliphatic rings. The Labute approximate surface area is 106 Å². The Hall–Kier alpha value is -0.940. The zero-order chi connectivity index (χ0) is 12.3. The Morgan fingerprint density at radius 2 is 2.53 bits per heavy atom. The van der Waals surface area contributed by atoms with Gasteiger partial charge in [0.2, 0.25) is 5.91 Å². The van der Waals surface area contributed by atoms with Crippen LogP contribution >= 0.6 is 11.3 Å². The number of rotatable bonds is 4. The molecule has 0 N–H and O–H groups in total. The molecular weight excluding hydrogens is 236 g/mol. The predicted molar refractivity (Wildman–Crippen MR) is 67.2 cm³/mol. The second-order valence-corrected chi connectivity index (χ2v) is 5.44. The Morgan fingerprint density at radius 1 is 1.71 bits per heavy atom. The fraction of sp³-hybridized carbons (Fsp3) is 0.667. The van der Waals surface area contributed by atoms with Crippen LogP contribution in [0.3, 0.4) is 0 Å². The Balaban J connectivity index is 1.95. The lowest BCUT2D eigenvalue weighted by Crippen LogP contribution is -2.39. The van der Waals surface area contributed by atoms with Crippen molar-refractivity contribution in [2.75, 3.05) is 20.3 Å². The third-order valence-corrected chi connectivity index (χ3v) is 3.88. The van der Waals surface area contributed by atoms with Gasteiger partial charge in [-0.25, -0.2) is 4.98 Å². The van der Waals surface area contributed by atoms with E-state index in [0.29, 0.717) is 13.0 Å². The predicted octanol–water partition coefficient (Wildman–Crippen LogP) is 1.63. The van der Waals surface area contributed by atoms with Gasteiger partial charge in [-0.1, -0.05) is 0 Å². The Kier molecular flexibility index (Phi) is 4.12. The first kappa shape index (κ1) is 12.5. The number of aryl methyl sites for hydroxylation is 1. The summed E-state index contributed by atoms with van der Waals surface area (Å²) in [5.74, 6) is 0.176. The second kappa shape index (κ2) is 5.60. The number of methoxy groups -OCH3 is 1. The van der Waals surface area contributed by atoms with Crippen molar-refractivity contribution < 1.29 is 9.53 Å². The number of thiazole rings is 1. The van der Waals surface area contributed by atoms with Crippen LogP contribution in [0.25, 0.3) is 0 Å². The van der Waals surface area contributed by atoms with Crippen molar-refractivity contribution in [3.05, 3.63) is 16.1 Å². The van der Waals surface area contributed by atoms with Crippen molar-refractivity contribution in [3.63, 3.8) is 0 Å². The standard InChI is InChI=1S/C12H18N2O2S/c1-9-13-10(8-17-9)6-12(15)14-5-3-4-11(14)7-16-2/h8,11H,3-7H2,1-2H3/t11-/m1/s1. The molecule has 1 atom stereocenters. The number of amides is 1. The van der Waals surface area contributed by atoms with Gasteiger partial charge in [0.05, 0.1) is 29.8 Å². The highest BCUT2D eigenvalue weighted by Gasteiger charge is 2.28. The lowest BCUT2D eigenvalue weighted by atomic mass is 10.2. The van der Waals surface area contributed by atoms with Crippen LogP contribution in [0.4, 0.5) is 0 Å². The summed E-state index contributed by atoms with van der Waals surface area (Å²) in [5, 5.41) is 2.98. The molecule has 1 aromatic heterocycles. The van der Waals surface area contributed by atoms with Crippen molar-refractivity contribution in [3.8, 4) is 0 Å². The number of carbonyl (C=O) groups excluding carboxylic acids is 1. The highest BCUT2D eigenvalue weighted by molar-refractivity contribution is 7.09. The third-order valence-electron chi connectivity index (χ3n) is 3.06. The van der Waals surface area contributed by atoms with Crippen LogP contribution in [0.2, 0.25) is 0 Å². The molecule has 2 heterocycles. The molecule has 5 heteroatoms.